The smallest absolute Gasteiger partial charge is 0.190 e. The number of ketones is 1. The summed E-state index contributed by atoms with van der Waals surface area (Å²) in [6.45, 7) is 4.24. The second-order valence-corrected chi connectivity index (χ2v) is 7.33. The van der Waals surface area contributed by atoms with Gasteiger partial charge in [-0.3, -0.25) is 4.79 Å². The Kier molecular flexibility index (Phi) is 6.37. The van der Waals surface area contributed by atoms with E-state index in [1.807, 2.05) is 30.3 Å². The van der Waals surface area contributed by atoms with Gasteiger partial charge in [0.1, 0.15) is 6.61 Å². The molecule has 0 fully saturated rings. The van der Waals surface area contributed by atoms with Gasteiger partial charge in [0.05, 0.1) is 6.10 Å². The molecule has 0 saturated carbocycles. The molecule has 2 N–H and O–H groups in total. The topological polar surface area (TPSA) is 67.8 Å². The highest BCUT2D eigenvalue weighted by molar-refractivity contribution is 6.30. The standard InChI is InChI=1S/C21H24ClNO4/c1-13(23-11-18(25)16-4-3-5-17(22)10-16)8-15-6-7-19-20(9-15)26-12-21(27-19)14(2)24/h3-7,9-10,13,18,21,23,25H,8,11-12H2,1-2H3/t13-,18-,21-/m1/s1. The Morgan fingerprint density at radius 1 is 1.30 bits per heavy atom. The number of carbonyl (C=O) groups excluding carboxylic acids is 1. The maximum absolute atomic E-state index is 11.4. The van der Waals surface area contributed by atoms with Crippen molar-refractivity contribution in [1.29, 1.82) is 0 Å². The molecule has 6 heteroatoms. The van der Waals surface area contributed by atoms with Crippen molar-refractivity contribution in [3.8, 4) is 11.5 Å². The van der Waals surface area contributed by atoms with Crippen LogP contribution in [0.4, 0.5) is 0 Å². The number of fused-ring (bicyclic) bond motifs is 1. The van der Waals surface area contributed by atoms with Gasteiger partial charge in [0.15, 0.2) is 23.4 Å². The Bertz CT molecular complexity index is 811. The fraction of sp³-hybridized carbons (Fsp3) is 0.381. The summed E-state index contributed by atoms with van der Waals surface area (Å²) in [4.78, 5) is 11.4. The van der Waals surface area contributed by atoms with E-state index in [1.165, 1.54) is 6.92 Å². The predicted molar refractivity (Wildman–Crippen MR) is 105 cm³/mol. The molecule has 1 heterocycles. The molecule has 1 aliphatic heterocycles. The molecule has 0 amide bonds. The molecule has 2 aromatic rings. The highest BCUT2D eigenvalue weighted by Gasteiger charge is 2.24. The molecule has 0 bridgehead atoms. The lowest BCUT2D eigenvalue weighted by molar-refractivity contribution is -0.125. The van der Waals surface area contributed by atoms with Crippen LogP contribution in [0.2, 0.25) is 5.02 Å². The Morgan fingerprint density at radius 3 is 2.85 bits per heavy atom. The number of aliphatic hydroxyl groups is 1. The van der Waals surface area contributed by atoms with Gasteiger partial charge in [-0.05, 0) is 55.7 Å². The molecule has 3 atom stereocenters. The molecule has 144 valence electrons. The summed E-state index contributed by atoms with van der Waals surface area (Å²) >= 11 is 5.97. The van der Waals surface area contributed by atoms with E-state index in [9.17, 15) is 9.90 Å². The van der Waals surface area contributed by atoms with Gasteiger partial charge in [0.2, 0.25) is 0 Å². The van der Waals surface area contributed by atoms with Crippen LogP contribution in [0, 0.1) is 0 Å². The predicted octanol–water partition coefficient (Wildman–Crippen LogP) is 3.32. The first-order valence-corrected chi connectivity index (χ1v) is 9.40. The molecule has 5 nitrogen and oxygen atoms in total. The average Bonchev–Trinajstić information content (AvgIpc) is 2.65. The summed E-state index contributed by atoms with van der Waals surface area (Å²) in [5, 5.41) is 14.3. The van der Waals surface area contributed by atoms with Crippen LogP contribution < -0.4 is 14.8 Å². The van der Waals surface area contributed by atoms with E-state index in [1.54, 1.807) is 12.1 Å². The van der Waals surface area contributed by atoms with E-state index in [0.717, 1.165) is 17.5 Å². The number of ether oxygens (including phenoxy) is 2. The van der Waals surface area contributed by atoms with E-state index in [0.29, 0.717) is 23.1 Å². The molecule has 0 radical (unpaired) electrons. The highest BCUT2D eigenvalue weighted by atomic mass is 35.5. The number of rotatable bonds is 7. The molecular formula is C21H24ClNO4. The third-order valence-electron chi connectivity index (χ3n) is 4.56. The van der Waals surface area contributed by atoms with Crippen molar-refractivity contribution in [3.63, 3.8) is 0 Å². The van der Waals surface area contributed by atoms with Gasteiger partial charge >= 0.3 is 0 Å². The van der Waals surface area contributed by atoms with E-state index in [-0.39, 0.29) is 18.4 Å². The number of halogens is 1. The van der Waals surface area contributed by atoms with Crippen LogP contribution in [-0.4, -0.2) is 36.2 Å². The highest BCUT2D eigenvalue weighted by Crippen LogP contribution is 2.33. The number of Topliss-reactive ketones (excluding diaryl/α,β-unsaturated/α-hetero) is 1. The van der Waals surface area contributed by atoms with Crippen LogP contribution in [-0.2, 0) is 11.2 Å². The molecule has 0 unspecified atom stereocenters. The third kappa shape index (κ3) is 5.22. The molecule has 0 spiro atoms. The maximum Gasteiger partial charge on any atom is 0.190 e. The summed E-state index contributed by atoms with van der Waals surface area (Å²) in [5.74, 6) is 1.22. The first kappa shape index (κ1) is 19.7. The van der Waals surface area contributed by atoms with Crippen molar-refractivity contribution in [2.75, 3.05) is 13.2 Å². The lowest BCUT2D eigenvalue weighted by atomic mass is 10.0. The van der Waals surface area contributed by atoms with E-state index < -0.39 is 12.2 Å². The summed E-state index contributed by atoms with van der Waals surface area (Å²) in [7, 11) is 0. The van der Waals surface area contributed by atoms with Gasteiger partial charge in [-0.2, -0.15) is 0 Å². The SMILES string of the molecule is CC(=O)[C@H]1COc2cc(C[C@@H](C)NC[C@@H](O)c3cccc(Cl)c3)ccc2O1. The number of benzene rings is 2. The first-order valence-electron chi connectivity index (χ1n) is 9.02. The van der Waals surface area contributed by atoms with Crippen molar-refractivity contribution < 1.29 is 19.4 Å². The van der Waals surface area contributed by atoms with Crippen molar-refractivity contribution in [2.45, 2.75) is 38.5 Å². The quantitative estimate of drug-likeness (QED) is 0.760. The number of aliphatic hydroxyl groups excluding tert-OH is 1. The zero-order valence-corrected chi connectivity index (χ0v) is 16.2. The largest absolute Gasteiger partial charge is 0.485 e. The number of hydrogen-bond donors (Lipinski definition) is 2. The third-order valence-corrected chi connectivity index (χ3v) is 4.79. The Hall–Kier alpha value is -2.08. The summed E-state index contributed by atoms with van der Waals surface area (Å²) in [6, 6.07) is 13.2. The van der Waals surface area contributed by atoms with Crippen LogP contribution >= 0.6 is 11.6 Å². The van der Waals surface area contributed by atoms with Crippen LogP contribution in [0.3, 0.4) is 0 Å². The number of nitrogens with one attached hydrogen (secondary N) is 1. The lowest BCUT2D eigenvalue weighted by Gasteiger charge is -2.25. The van der Waals surface area contributed by atoms with Crippen molar-refractivity contribution in [3.05, 3.63) is 58.6 Å². The summed E-state index contributed by atoms with van der Waals surface area (Å²) < 4.78 is 11.3. The molecule has 1 aliphatic rings. The van der Waals surface area contributed by atoms with Gasteiger partial charge < -0.3 is 19.9 Å². The van der Waals surface area contributed by atoms with Crippen LogP contribution in [0.25, 0.3) is 0 Å². The average molecular weight is 390 g/mol. The Morgan fingerprint density at radius 2 is 2.11 bits per heavy atom. The van der Waals surface area contributed by atoms with Gasteiger partial charge in [-0.15, -0.1) is 0 Å². The van der Waals surface area contributed by atoms with Crippen LogP contribution in [0.15, 0.2) is 42.5 Å². The molecule has 0 aromatic heterocycles. The number of hydrogen-bond acceptors (Lipinski definition) is 5. The minimum atomic E-state index is -0.616. The van der Waals surface area contributed by atoms with Crippen molar-refractivity contribution in [1.82, 2.24) is 5.32 Å². The van der Waals surface area contributed by atoms with Gasteiger partial charge in [-0.25, -0.2) is 0 Å². The number of carbonyl (C=O) groups is 1. The minimum absolute atomic E-state index is 0.0409. The zero-order valence-electron chi connectivity index (χ0n) is 15.4. The summed E-state index contributed by atoms with van der Waals surface area (Å²) in [6.07, 6.45) is -0.374. The molecule has 0 aliphatic carbocycles. The second kappa shape index (κ2) is 8.74. The Labute approximate surface area is 164 Å². The fourth-order valence-corrected chi connectivity index (χ4v) is 3.21. The zero-order chi connectivity index (χ0) is 19.4. The van der Waals surface area contributed by atoms with E-state index in [2.05, 4.69) is 12.2 Å². The van der Waals surface area contributed by atoms with Crippen LogP contribution in [0.1, 0.15) is 31.1 Å². The molecular weight excluding hydrogens is 366 g/mol. The van der Waals surface area contributed by atoms with E-state index >= 15 is 0 Å². The van der Waals surface area contributed by atoms with Gasteiger partial charge in [-0.1, -0.05) is 29.8 Å². The molecule has 3 rings (SSSR count). The molecule has 2 aromatic carbocycles. The van der Waals surface area contributed by atoms with Crippen molar-refractivity contribution >= 4 is 17.4 Å². The van der Waals surface area contributed by atoms with Gasteiger partial charge in [0.25, 0.3) is 0 Å². The molecule has 27 heavy (non-hydrogen) atoms. The fourth-order valence-electron chi connectivity index (χ4n) is 3.01. The first-order chi connectivity index (χ1) is 12.9. The Balaban J connectivity index is 1.54. The van der Waals surface area contributed by atoms with Gasteiger partial charge in [0, 0.05) is 17.6 Å². The maximum atomic E-state index is 11.4. The lowest BCUT2D eigenvalue weighted by Crippen LogP contribution is -2.35. The minimum Gasteiger partial charge on any atom is -0.485 e. The second-order valence-electron chi connectivity index (χ2n) is 6.89. The molecule has 0 saturated heterocycles. The van der Waals surface area contributed by atoms with Crippen molar-refractivity contribution in [2.24, 2.45) is 0 Å². The monoisotopic (exact) mass is 389 g/mol. The van der Waals surface area contributed by atoms with Crippen LogP contribution in [0.5, 0.6) is 11.5 Å². The normalized spacial score (nSPS) is 18.0. The van der Waals surface area contributed by atoms with E-state index in [4.69, 9.17) is 21.1 Å². The summed E-state index contributed by atoms with van der Waals surface area (Å²) in [5.41, 5.74) is 1.89.